The molecule has 0 aliphatic carbocycles. The molecule has 0 saturated carbocycles. The second kappa shape index (κ2) is 5.47. The molecule has 1 N–H and O–H groups in total. The minimum Gasteiger partial charge on any atom is -0.391 e. The normalized spacial score (nSPS) is 18.0. The second-order valence-electron chi connectivity index (χ2n) is 5.61. The molecule has 1 unspecified atom stereocenters. The molecule has 4 rings (SSSR count). The first-order valence-corrected chi connectivity index (χ1v) is 7.72. The van der Waals surface area contributed by atoms with Gasteiger partial charge in [-0.05, 0) is 18.6 Å². The molecule has 1 aromatic carbocycles. The molecule has 7 heteroatoms. The molecule has 0 bridgehead atoms. The van der Waals surface area contributed by atoms with Crippen molar-refractivity contribution < 1.29 is 9.50 Å². The number of β-amino-alcohol motifs (C(OH)–C–C–N with tert-alkyl or cyclic N) is 1. The molecular formula is C16H14ClFN4O. The number of rotatable bonds is 2. The van der Waals surface area contributed by atoms with Gasteiger partial charge in [0, 0.05) is 31.0 Å². The lowest BCUT2D eigenvalue weighted by atomic mass is 10.1. The molecule has 0 radical (unpaired) electrons. The fourth-order valence-corrected chi connectivity index (χ4v) is 3.05. The smallest absolute Gasteiger partial charge is 0.180 e. The van der Waals surface area contributed by atoms with Crippen LogP contribution in [0, 0.1) is 5.82 Å². The van der Waals surface area contributed by atoms with Crippen molar-refractivity contribution in [3.63, 3.8) is 0 Å². The molecule has 1 saturated heterocycles. The van der Waals surface area contributed by atoms with Gasteiger partial charge in [0.2, 0.25) is 0 Å². The highest BCUT2D eigenvalue weighted by molar-refractivity contribution is 6.30. The van der Waals surface area contributed by atoms with Gasteiger partial charge in [-0.2, -0.15) is 0 Å². The Morgan fingerprint density at radius 1 is 1.30 bits per heavy atom. The third kappa shape index (κ3) is 2.44. The number of hydrogen-bond donors (Lipinski definition) is 1. The van der Waals surface area contributed by atoms with E-state index in [9.17, 15) is 9.50 Å². The summed E-state index contributed by atoms with van der Waals surface area (Å²) in [5.41, 5.74) is 2.14. The molecule has 3 aromatic rings. The van der Waals surface area contributed by atoms with E-state index in [4.69, 9.17) is 11.6 Å². The summed E-state index contributed by atoms with van der Waals surface area (Å²) in [4.78, 5) is 10.8. The molecule has 1 atom stereocenters. The maximum Gasteiger partial charge on any atom is 0.180 e. The van der Waals surface area contributed by atoms with Crippen LogP contribution < -0.4 is 4.90 Å². The Labute approximate surface area is 137 Å². The van der Waals surface area contributed by atoms with Crippen molar-refractivity contribution in [1.82, 2.24) is 14.4 Å². The van der Waals surface area contributed by atoms with Crippen LogP contribution in [0.15, 0.2) is 36.8 Å². The van der Waals surface area contributed by atoms with Crippen molar-refractivity contribution in [2.75, 3.05) is 18.0 Å². The van der Waals surface area contributed by atoms with Crippen LogP contribution in [0.25, 0.3) is 16.9 Å². The van der Waals surface area contributed by atoms with Gasteiger partial charge < -0.3 is 10.0 Å². The molecular weight excluding hydrogens is 319 g/mol. The van der Waals surface area contributed by atoms with Crippen LogP contribution >= 0.6 is 11.6 Å². The zero-order chi connectivity index (χ0) is 16.0. The fraction of sp³-hybridized carbons (Fsp3) is 0.250. The minimum absolute atomic E-state index is 0.0935. The number of anilines is 1. The maximum atomic E-state index is 13.7. The van der Waals surface area contributed by atoms with Crippen LogP contribution in [0.3, 0.4) is 0 Å². The van der Waals surface area contributed by atoms with Gasteiger partial charge in [-0.15, -0.1) is 0 Å². The van der Waals surface area contributed by atoms with Gasteiger partial charge in [-0.25, -0.2) is 14.4 Å². The zero-order valence-corrected chi connectivity index (χ0v) is 12.9. The molecule has 23 heavy (non-hydrogen) atoms. The van der Waals surface area contributed by atoms with Crippen LogP contribution in [0.2, 0.25) is 5.02 Å². The largest absolute Gasteiger partial charge is 0.391 e. The summed E-state index contributed by atoms with van der Waals surface area (Å²) in [5, 5.41) is 9.82. The van der Waals surface area contributed by atoms with Crippen LogP contribution in [0.5, 0.6) is 0 Å². The summed E-state index contributed by atoms with van der Waals surface area (Å²) in [7, 11) is 0. The molecule has 118 valence electrons. The summed E-state index contributed by atoms with van der Waals surface area (Å²) in [6, 6.07) is 4.69. The fourth-order valence-electron chi connectivity index (χ4n) is 2.93. The Balaban J connectivity index is 1.82. The summed E-state index contributed by atoms with van der Waals surface area (Å²) >= 11 is 5.75. The van der Waals surface area contributed by atoms with E-state index in [1.54, 1.807) is 24.7 Å². The quantitative estimate of drug-likeness (QED) is 0.784. The Kier molecular flexibility index (Phi) is 3.43. The van der Waals surface area contributed by atoms with E-state index in [-0.39, 0.29) is 11.1 Å². The monoisotopic (exact) mass is 332 g/mol. The van der Waals surface area contributed by atoms with Crippen LogP contribution in [0.1, 0.15) is 6.42 Å². The topological polar surface area (TPSA) is 53.7 Å². The minimum atomic E-state index is -0.462. The molecule has 1 fully saturated rings. The van der Waals surface area contributed by atoms with Gasteiger partial charge in [-0.3, -0.25) is 4.40 Å². The summed E-state index contributed by atoms with van der Waals surface area (Å²) in [5.74, 6) is 0.265. The van der Waals surface area contributed by atoms with Gasteiger partial charge in [0.05, 0.1) is 23.0 Å². The number of nitrogens with zero attached hydrogens (tertiary/aromatic N) is 4. The van der Waals surface area contributed by atoms with E-state index in [1.165, 1.54) is 12.1 Å². The van der Waals surface area contributed by atoms with E-state index in [1.807, 2.05) is 9.30 Å². The molecule has 1 aliphatic heterocycles. The van der Waals surface area contributed by atoms with E-state index in [2.05, 4.69) is 9.97 Å². The van der Waals surface area contributed by atoms with E-state index in [0.717, 1.165) is 24.5 Å². The molecule has 1 aliphatic rings. The van der Waals surface area contributed by atoms with Crippen molar-refractivity contribution >= 4 is 23.1 Å². The van der Waals surface area contributed by atoms with Crippen molar-refractivity contribution in [2.24, 2.45) is 0 Å². The van der Waals surface area contributed by atoms with Crippen molar-refractivity contribution in [1.29, 1.82) is 0 Å². The third-order valence-electron chi connectivity index (χ3n) is 4.09. The molecule has 0 amide bonds. The first-order chi connectivity index (χ1) is 11.1. The number of benzene rings is 1. The Morgan fingerprint density at radius 3 is 2.91 bits per heavy atom. The zero-order valence-electron chi connectivity index (χ0n) is 12.2. The Morgan fingerprint density at radius 2 is 2.17 bits per heavy atom. The lowest BCUT2D eigenvalue weighted by molar-refractivity contribution is 0.198. The van der Waals surface area contributed by atoms with E-state index in [0.29, 0.717) is 17.8 Å². The number of fused-ring (bicyclic) bond motifs is 1. The second-order valence-corrected chi connectivity index (χ2v) is 6.01. The number of hydrogen-bond acceptors (Lipinski definition) is 4. The summed E-state index contributed by atoms with van der Waals surface area (Å²) in [6.07, 6.45) is 5.55. The van der Waals surface area contributed by atoms with Gasteiger partial charge in [0.1, 0.15) is 5.82 Å². The number of imidazole rings is 1. The van der Waals surface area contributed by atoms with Gasteiger partial charge in [-0.1, -0.05) is 17.7 Å². The van der Waals surface area contributed by atoms with E-state index >= 15 is 0 Å². The van der Waals surface area contributed by atoms with Crippen LogP contribution in [-0.4, -0.2) is 38.7 Å². The summed E-state index contributed by atoms with van der Waals surface area (Å²) in [6.45, 7) is 1.29. The van der Waals surface area contributed by atoms with Gasteiger partial charge in [0.15, 0.2) is 11.5 Å². The SMILES string of the molecule is OC1CCN(c2nccn3c(-c4ccc(Cl)c(F)c4)cnc23)C1. The van der Waals surface area contributed by atoms with Gasteiger partial charge >= 0.3 is 0 Å². The Bertz CT molecular complexity index is 882. The first kappa shape index (κ1) is 14.4. The maximum absolute atomic E-state index is 13.7. The highest BCUT2D eigenvalue weighted by atomic mass is 35.5. The van der Waals surface area contributed by atoms with E-state index < -0.39 is 5.82 Å². The van der Waals surface area contributed by atoms with Crippen LogP contribution in [0.4, 0.5) is 10.2 Å². The molecule has 0 spiro atoms. The van der Waals surface area contributed by atoms with Gasteiger partial charge in [0.25, 0.3) is 0 Å². The predicted molar refractivity (Wildman–Crippen MR) is 86.2 cm³/mol. The van der Waals surface area contributed by atoms with Crippen molar-refractivity contribution in [3.8, 4) is 11.3 Å². The Hall–Kier alpha value is -2.18. The molecule has 3 heterocycles. The van der Waals surface area contributed by atoms with Crippen LogP contribution in [-0.2, 0) is 0 Å². The van der Waals surface area contributed by atoms with Crippen molar-refractivity contribution in [3.05, 3.63) is 47.6 Å². The average Bonchev–Trinajstić information content (AvgIpc) is 3.16. The molecule has 2 aromatic heterocycles. The standard InChI is InChI=1S/C16H14ClFN4O/c17-12-2-1-10(7-13(12)18)14-8-20-16-15(19-4-6-22(14)16)21-5-3-11(23)9-21/h1-2,4,6-8,11,23H,3,5,9H2. The lowest BCUT2D eigenvalue weighted by Crippen LogP contribution is -2.23. The average molecular weight is 333 g/mol. The predicted octanol–water partition coefficient (Wildman–Crippen LogP) is 2.76. The number of aromatic nitrogens is 3. The lowest BCUT2D eigenvalue weighted by Gasteiger charge is -2.17. The first-order valence-electron chi connectivity index (χ1n) is 7.34. The highest BCUT2D eigenvalue weighted by Gasteiger charge is 2.24. The summed E-state index contributed by atoms with van der Waals surface area (Å²) < 4.78 is 15.6. The number of aliphatic hydroxyl groups is 1. The van der Waals surface area contributed by atoms with Crippen molar-refractivity contribution in [2.45, 2.75) is 12.5 Å². The number of halogens is 2. The highest BCUT2D eigenvalue weighted by Crippen LogP contribution is 2.28. The number of aliphatic hydroxyl groups excluding tert-OH is 1. The molecule has 5 nitrogen and oxygen atoms in total. The third-order valence-corrected chi connectivity index (χ3v) is 4.39.